The third-order valence-corrected chi connectivity index (χ3v) is 4.48. The highest BCUT2D eigenvalue weighted by molar-refractivity contribution is 5.95. The summed E-state index contributed by atoms with van der Waals surface area (Å²) in [5, 5.41) is 3.18. The summed E-state index contributed by atoms with van der Waals surface area (Å²) in [6.45, 7) is 5.42. The van der Waals surface area contributed by atoms with Crippen LogP contribution in [-0.2, 0) is 4.79 Å². The van der Waals surface area contributed by atoms with Crippen LogP contribution < -0.4 is 10.1 Å². The van der Waals surface area contributed by atoms with Crippen molar-refractivity contribution in [3.8, 4) is 5.75 Å². The van der Waals surface area contributed by atoms with E-state index in [0.717, 1.165) is 6.42 Å². The van der Waals surface area contributed by atoms with Crippen molar-refractivity contribution in [3.05, 3.63) is 17.8 Å². The summed E-state index contributed by atoms with van der Waals surface area (Å²) in [5.74, 6) is 1.25. The van der Waals surface area contributed by atoms with E-state index in [1.165, 1.54) is 0 Å². The quantitative estimate of drug-likeness (QED) is 0.879. The number of hydrogen-bond acceptors (Lipinski definition) is 5. The van der Waals surface area contributed by atoms with Crippen LogP contribution in [0.2, 0.25) is 0 Å². The monoisotopic (exact) mass is 318 g/mol. The SMILES string of the molecule is CC(=O)N(C)[C@H]1CCN(C(=O)c2cnc3c(c2)O[C@@H](C)CN3)C1. The molecule has 1 N–H and O–H groups in total. The average molecular weight is 318 g/mol. The molecule has 0 aromatic carbocycles. The number of carbonyl (C=O) groups is 2. The zero-order chi connectivity index (χ0) is 16.6. The van der Waals surface area contributed by atoms with Gasteiger partial charge in [-0.3, -0.25) is 9.59 Å². The molecule has 23 heavy (non-hydrogen) atoms. The van der Waals surface area contributed by atoms with Gasteiger partial charge in [0.25, 0.3) is 5.91 Å². The predicted octanol–water partition coefficient (Wildman–Crippen LogP) is 0.967. The second kappa shape index (κ2) is 6.06. The fourth-order valence-corrected chi connectivity index (χ4v) is 2.97. The lowest BCUT2D eigenvalue weighted by Gasteiger charge is -2.25. The van der Waals surface area contributed by atoms with Gasteiger partial charge >= 0.3 is 0 Å². The number of fused-ring (bicyclic) bond motifs is 1. The number of amides is 2. The predicted molar refractivity (Wildman–Crippen MR) is 85.6 cm³/mol. The first-order chi connectivity index (χ1) is 11.0. The van der Waals surface area contributed by atoms with Crippen LogP contribution in [0.25, 0.3) is 0 Å². The van der Waals surface area contributed by atoms with Crippen LogP contribution in [0.15, 0.2) is 12.3 Å². The summed E-state index contributed by atoms with van der Waals surface area (Å²) in [6.07, 6.45) is 2.43. The normalized spacial score (nSPS) is 22.8. The number of carbonyl (C=O) groups excluding carboxylic acids is 2. The number of nitrogens with one attached hydrogen (secondary N) is 1. The molecular weight excluding hydrogens is 296 g/mol. The Morgan fingerprint density at radius 2 is 2.26 bits per heavy atom. The van der Waals surface area contributed by atoms with Crippen molar-refractivity contribution >= 4 is 17.6 Å². The highest BCUT2D eigenvalue weighted by Gasteiger charge is 2.31. The number of anilines is 1. The zero-order valence-corrected chi connectivity index (χ0v) is 13.7. The number of likely N-dealkylation sites (tertiary alicyclic amines) is 1. The number of nitrogens with zero attached hydrogens (tertiary/aromatic N) is 3. The number of aromatic nitrogens is 1. The third-order valence-electron chi connectivity index (χ3n) is 4.48. The maximum Gasteiger partial charge on any atom is 0.255 e. The molecule has 1 fully saturated rings. The summed E-state index contributed by atoms with van der Waals surface area (Å²) in [6, 6.07) is 1.83. The molecule has 7 heteroatoms. The maximum atomic E-state index is 12.7. The largest absolute Gasteiger partial charge is 0.485 e. The molecule has 1 aromatic heterocycles. The number of rotatable bonds is 2. The molecule has 0 saturated carbocycles. The van der Waals surface area contributed by atoms with E-state index in [2.05, 4.69) is 10.3 Å². The number of hydrogen-bond donors (Lipinski definition) is 1. The first kappa shape index (κ1) is 15.6. The number of pyridine rings is 1. The minimum absolute atomic E-state index is 0.0215. The standard InChI is InChI=1S/C16H22N4O3/c1-10-7-17-15-14(23-10)6-12(8-18-15)16(22)20-5-4-13(9-20)19(3)11(2)21/h6,8,10,13H,4-5,7,9H2,1-3H3,(H,17,18)/t10-,13-/m0/s1. The van der Waals surface area contributed by atoms with E-state index < -0.39 is 0 Å². The van der Waals surface area contributed by atoms with Crippen molar-refractivity contribution in [2.45, 2.75) is 32.4 Å². The van der Waals surface area contributed by atoms with E-state index in [-0.39, 0.29) is 24.0 Å². The summed E-state index contributed by atoms with van der Waals surface area (Å²) in [4.78, 5) is 31.9. The molecule has 2 aliphatic heterocycles. The van der Waals surface area contributed by atoms with Crippen molar-refractivity contribution in [3.63, 3.8) is 0 Å². The van der Waals surface area contributed by atoms with Gasteiger partial charge in [0.15, 0.2) is 11.6 Å². The van der Waals surface area contributed by atoms with Crippen molar-refractivity contribution in [2.75, 3.05) is 32.0 Å². The Hall–Kier alpha value is -2.31. The van der Waals surface area contributed by atoms with Crippen LogP contribution in [-0.4, -0.2) is 65.4 Å². The Morgan fingerprint density at radius 3 is 3.00 bits per heavy atom. The Bertz CT molecular complexity index is 634. The molecule has 1 saturated heterocycles. The molecule has 0 radical (unpaired) electrons. The van der Waals surface area contributed by atoms with Crippen molar-refractivity contribution < 1.29 is 14.3 Å². The molecule has 1 aromatic rings. The van der Waals surface area contributed by atoms with Crippen molar-refractivity contribution in [1.82, 2.24) is 14.8 Å². The average Bonchev–Trinajstić information content (AvgIpc) is 3.02. The van der Waals surface area contributed by atoms with Crippen LogP contribution in [0.3, 0.4) is 0 Å². The molecule has 124 valence electrons. The molecule has 3 heterocycles. The first-order valence-electron chi connectivity index (χ1n) is 7.89. The molecule has 0 bridgehead atoms. The van der Waals surface area contributed by atoms with E-state index >= 15 is 0 Å². The van der Waals surface area contributed by atoms with Gasteiger partial charge in [-0.1, -0.05) is 0 Å². The van der Waals surface area contributed by atoms with Gasteiger partial charge in [-0.15, -0.1) is 0 Å². The molecule has 3 rings (SSSR count). The summed E-state index contributed by atoms with van der Waals surface area (Å²) >= 11 is 0. The van der Waals surface area contributed by atoms with E-state index in [1.807, 2.05) is 6.92 Å². The first-order valence-corrected chi connectivity index (χ1v) is 7.89. The van der Waals surface area contributed by atoms with Gasteiger partial charge in [0, 0.05) is 33.3 Å². The van der Waals surface area contributed by atoms with E-state index in [0.29, 0.717) is 36.8 Å². The second-order valence-electron chi connectivity index (χ2n) is 6.20. The fourth-order valence-electron chi connectivity index (χ4n) is 2.97. The lowest BCUT2D eigenvalue weighted by Crippen LogP contribution is -2.39. The molecule has 2 aliphatic rings. The fraction of sp³-hybridized carbons (Fsp3) is 0.562. The van der Waals surface area contributed by atoms with Gasteiger partial charge in [0.05, 0.1) is 18.2 Å². The number of ether oxygens (including phenoxy) is 1. The van der Waals surface area contributed by atoms with Gasteiger partial charge in [-0.05, 0) is 19.4 Å². The third kappa shape index (κ3) is 3.09. The van der Waals surface area contributed by atoms with Crippen LogP contribution in [0.4, 0.5) is 5.82 Å². The second-order valence-corrected chi connectivity index (χ2v) is 6.20. The Labute approximate surface area is 135 Å². The molecule has 0 aliphatic carbocycles. The maximum absolute atomic E-state index is 12.7. The number of likely N-dealkylation sites (N-methyl/N-ethyl adjacent to an activating group) is 1. The van der Waals surface area contributed by atoms with E-state index in [9.17, 15) is 9.59 Å². The van der Waals surface area contributed by atoms with E-state index in [4.69, 9.17) is 4.74 Å². The lowest BCUT2D eigenvalue weighted by atomic mass is 10.2. The van der Waals surface area contributed by atoms with Gasteiger partial charge < -0.3 is 19.9 Å². The minimum atomic E-state index is -0.0680. The zero-order valence-electron chi connectivity index (χ0n) is 13.7. The molecule has 0 unspecified atom stereocenters. The summed E-state index contributed by atoms with van der Waals surface area (Å²) in [7, 11) is 1.78. The van der Waals surface area contributed by atoms with Crippen LogP contribution in [0.1, 0.15) is 30.6 Å². The molecule has 2 atom stereocenters. The van der Waals surface area contributed by atoms with Crippen LogP contribution in [0, 0.1) is 0 Å². The Kier molecular flexibility index (Phi) is 4.11. The molecule has 7 nitrogen and oxygen atoms in total. The smallest absolute Gasteiger partial charge is 0.255 e. The van der Waals surface area contributed by atoms with Crippen LogP contribution >= 0.6 is 0 Å². The highest BCUT2D eigenvalue weighted by atomic mass is 16.5. The highest BCUT2D eigenvalue weighted by Crippen LogP contribution is 2.28. The Balaban J connectivity index is 1.72. The summed E-state index contributed by atoms with van der Waals surface area (Å²) in [5.41, 5.74) is 0.519. The van der Waals surface area contributed by atoms with Gasteiger partial charge in [0.1, 0.15) is 6.10 Å². The van der Waals surface area contributed by atoms with Gasteiger partial charge in [0.2, 0.25) is 5.91 Å². The van der Waals surface area contributed by atoms with Gasteiger partial charge in [-0.2, -0.15) is 0 Å². The topological polar surface area (TPSA) is 74.8 Å². The lowest BCUT2D eigenvalue weighted by molar-refractivity contribution is -0.129. The minimum Gasteiger partial charge on any atom is -0.485 e. The molecule has 2 amide bonds. The van der Waals surface area contributed by atoms with Crippen molar-refractivity contribution in [2.24, 2.45) is 0 Å². The Morgan fingerprint density at radius 1 is 1.48 bits per heavy atom. The van der Waals surface area contributed by atoms with Crippen molar-refractivity contribution in [1.29, 1.82) is 0 Å². The van der Waals surface area contributed by atoms with E-state index in [1.54, 1.807) is 36.0 Å². The van der Waals surface area contributed by atoms with Gasteiger partial charge in [-0.25, -0.2) is 4.98 Å². The molecule has 0 spiro atoms. The summed E-state index contributed by atoms with van der Waals surface area (Å²) < 4.78 is 5.73. The molecular formula is C16H22N4O3. The van der Waals surface area contributed by atoms with Crippen LogP contribution in [0.5, 0.6) is 5.75 Å².